The van der Waals surface area contributed by atoms with Crippen LogP contribution in [0.25, 0.3) is 0 Å². The molecule has 1 saturated heterocycles. The second-order valence-electron chi connectivity index (χ2n) is 6.91. The van der Waals surface area contributed by atoms with Crippen LogP contribution < -0.4 is 9.64 Å². The van der Waals surface area contributed by atoms with Gasteiger partial charge in [-0.05, 0) is 56.4 Å². The van der Waals surface area contributed by atoms with Crippen LogP contribution in [0.2, 0.25) is 0 Å². The van der Waals surface area contributed by atoms with Gasteiger partial charge in [-0.1, -0.05) is 0 Å². The zero-order valence-electron chi connectivity index (χ0n) is 14.4. The van der Waals surface area contributed by atoms with Crippen LogP contribution in [0, 0.1) is 5.41 Å². The van der Waals surface area contributed by atoms with Crippen molar-refractivity contribution in [1.82, 2.24) is 0 Å². The molecule has 3 rings (SSSR count). The number of aliphatic hydroxyl groups is 1. The van der Waals surface area contributed by atoms with Crippen LogP contribution in [-0.2, 0) is 9.53 Å². The molecular formula is C19H27NO4. The van der Waals surface area contributed by atoms with Crippen molar-refractivity contribution < 1.29 is 19.4 Å². The number of anilines is 1. The lowest BCUT2D eigenvalue weighted by molar-refractivity contribution is -0.128. The average Bonchev–Trinajstić information content (AvgIpc) is 2.92. The predicted octanol–water partition coefficient (Wildman–Crippen LogP) is 2.76. The SMILES string of the molecule is COCCCOc1ccc(N2CCC3(CCC(O)CC3)C2=O)cc1. The first-order valence-corrected chi connectivity index (χ1v) is 8.86. The van der Waals surface area contributed by atoms with Gasteiger partial charge < -0.3 is 19.5 Å². The number of aliphatic hydroxyl groups excluding tert-OH is 1. The number of methoxy groups -OCH3 is 1. The first kappa shape index (κ1) is 17.2. The van der Waals surface area contributed by atoms with E-state index in [1.807, 2.05) is 29.2 Å². The molecule has 1 aromatic carbocycles. The Bertz CT molecular complexity index is 549. The van der Waals surface area contributed by atoms with Crippen molar-refractivity contribution >= 4 is 11.6 Å². The predicted molar refractivity (Wildman–Crippen MR) is 92.3 cm³/mol. The van der Waals surface area contributed by atoms with E-state index in [9.17, 15) is 9.90 Å². The average molecular weight is 333 g/mol. The minimum atomic E-state index is -0.242. The monoisotopic (exact) mass is 333 g/mol. The van der Waals surface area contributed by atoms with Crippen LogP contribution in [0.1, 0.15) is 38.5 Å². The summed E-state index contributed by atoms with van der Waals surface area (Å²) in [4.78, 5) is 14.8. The second kappa shape index (κ2) is 7.53. The van der Waals surface area contributed by atoms with E-state index in [1.54, 1.807) is 7.11 Å². The molecule has 24 heavy (non-hydrogen) atoms. The van der Waals surface area contributed by atoms with Crippen LogP contribution >= 0.6 is 0 Å². The largest absolute Gasteiger partial charge is 0.494 e. The molecular weight excluding hydrogens is 306 g/mol. The number of carbonyl (C=O) groups excluding carboxylic acids is 1. The van der Waals surface area contributed by atoms with Crippen LogP contribution in [0.3, 0.4) is 0 Å². The number of hydrogen-bond acceptors (Lipinski definition) is 4. The molecule has 132 valence electrons. The summed E-state index contributed by atoms with van der Waals surface area (Å²) in [5, 5.41) is 9.71. The smallest absolute Gasteiger partial charge is 0.233 e. The van der Waals surface area contributed by atoms with E-state index in [1.165, 1.54) is 0 Å². The molecule has 1 heterocycles. The van der Waals surface area contributed by atoms with Crippen LogP contribution in [0.4, 0.5) is 5.69 Å². The lowest BCUT2D eigenvalue weighted by Crippen LogP contribution is -2.38. The van der Waals surface area contributed by atoms with Gasteiger partial charge in [0.2, 0.25) is 5.91 Å². The van der Waals surface area contributed by atoms with Gasteiger partial charge in [0.1, 0.15) is 5.75 Å². The fourth-order valence-electron chi connectivity index (χ4n) is 3.80. The molecule has 1 spiro atoms. The molecule has 1 aromatic rings. The Labute approximate surface area is 143 Å². The topological polar surface area (TPSA) is 59.0 Å². The summed E-state index contributed by atoms with van der Waals surface area (Å²) in [6.07, 6.45) is 4.63. The first-order chi connectivity index (χ1) is 11.6. The summed E-state index contributed by atoms with van der Waals surface area (Å²) in [5.74, 6) is 1.04. The lowest BCUT2D eigenvalue weighted by atomic mass is 9.72. The van der Waals surface area contributed by atoms with Gasteiger partial charge in [-0.25, -0.2) is 0 Å². The standard InChI is InChI=1S/C19H27NO4/c1-23-13-2-14-24-17-5-3-15(4-6-17)20-12-11-19(18(20)22)9-7-16(21)8-10-19/h3-6,16,21H,2,7-14H2,1H3. The quantitative estimate of drug-likeness (QED) is 0.813. The molecule has 1 amide bonds. The fourth-order valence-corrected chi connectivity index (χ4v) is 3.80. The van der Waals surface area contributed by atoms with Gasteiger partial charge in [0.25, 0.3) is 0 Å². The highest BCUT2D eigenvalue weighted by Gasteiger charge is 2.48. The van der Waals surface area contributed by atoms with E-state index in [2.05, 4.69) is 0 Å². The normalized spacial score (nSPS) is 27.0. The van der Waals surface area contributed by atoms with Crippen LogP contribution in [0.15, 0.2) is 24.3 Å². The van der Waals surface area contributed by atoms with Crippen molar-refractivity contribution in [2.45, 2.75) is 44.6 Å². The summed E-state index contributed by atoms with van der Waals surface area (Å²) >= 11 is 0. The third-order valence-corrected chi connectivity index (χ3v) is 5.33. The highest BCUT2D eigenvalue weighted by atomic mass is 16.5. The highest BCUT2D eigenvalue weighted by Crippen LogP contribution is 2.46. The number of hydrogen-bond donors (Lipinski definition) is 1. The summed E-state index contributed by atoms with van der Waals surface area (Å²) in [5.41, 5.74) is 0.696. The van der Waals surface area contributed by atoms with Crippen molar-refractivity contribution in [3.8, 4) is 5.75 Å². The summed E-state index contributed by atoms with van der Waals surface area (Å²) in [6.45, 7) is 2.08. The van der Waals surface area contributed by atoms with Gasteiger partial charge in [-0.2, -0.15) is 0 Å². The maximum absolute atomic E-state index is 12.9. The summed E-state index contributed by atoms with van der Waals surface area (Å²) < 4.78 is 10.7. The first-order valence-electron chi connectivity index (χ1n) is 8.86. The van der Waals surface area contributed by atoms with Crippen LogP contribution in [0.5, 0.6) is 5.75 Å². The molecule has 1 saturated carbocycles. The molecule has 0 radical (unpaired) electrons. The van der Waals surface area contributed by atoms with E-state index in [4.69, 9.17) is 9.47 Å². The zero-order chi connectivity index (χ0) is 17.0. The minimum absolute atomic E-state index is 0.225. The van der Waals surface area contributed by atoms with Crippen molar-refractivity contribution in [2.75, 3.05) is 31.8 Å². The van der Waals surface area contributed by atoms with Crippen molar-refractivity contribution in [3.05, 3.63) is 24.3 Å². The van der Waals surface area contributed by atoms with E-state index in [0.717, 1.165) is 56.5 Å². The Balaban J connectivity index is 1.60. The molecule has 0 aromatic heterocycles. The Morgan fingerprint density at radius 2 is 1.88 bits per heavy atom. The number of rotatable bonds is 6. The zero-order valence-corrected chi connectivity index (χ0v) is 14.4. The van der Waals surface area contributed by atoms with Crippen molar-refractivity contribution in [2.24, 2.45) is 5.41 Å². The van der Waals surface area contributed by atoms with Gasteiger partial charge in [0.15, 0.2) is 0 Å². The van der Waals surface area contributed by atoms with Gasteiger partial charge in [-0.3, -0.25) is 4.79 Å². The maximum Gasteiger partial charge on any atom is 0.233 e. The highest BCUT2D eigenvalue weighted by molar-refractivity contribution is 6.00. The van der Waals surface area contributed by atoms with E-state index in [-0.39, 0.29) is 17.4 Å². The van der Waals surface area contributed by atoms with Gasteiger partial charge in [0.05, 0.1) is 18.1 Å². The fraction of sp³-hybridized carbons (Fsp3) is 0.632. The van der Waals surface area contributed by atoms with Gasteiger partial charge in [0, 0.05) is 32.4 Å². The molecule has 0 unspecified atom stereocenters. The summed E-state index contributed by atoms with van der Waals surface area (Å²) in [6, 6.07) is 7.76. The van der Waals surface area contributed by atoms with E-state index >= 15 is 0 Å². The molecule has 2 fully saturated rings. The molecule has 1 N–H and O–H groups in total. The number of amides is 1. The molecule has 5 heteroatoms. The molecule has 1 aliphatic carbocycles. The lowest BCUT2D eigenvalue weighted by Gasteiger charge is -2.33. The number of ether oxygens (including phenoxy) is 2. The summed E-state index contributed by atoms with van der Waals surface area (Å²) in [7, 11) is 1.68. The molecule has 1 aliphatic heterocycles. The molecule has 0 atom stereocenters. The third kappa shape index (κ3) is 3.57. The Hall–Kier alpha value is -1.59. The minimum Gasteiger partial charge on any atom is -0.494 e. The Morgan fingerprint density at radius 3 is 2.54 bits per heavy atom. The molecule has 5 nitrogen and oxygen atoms in total. The Morgan fingerprint density at radius 1 is 1.17 bits per heavy atom. The van der Waals surface area contributed by atoms with E-state index < -0.39 is 0 Å². The molecule has 0 bridgehead atoms. The molecule has 2 aliphatic rings. The maximum atomic E-state index is 12.9. The number of nitrogens with zero attached hydrogens (tertiary/aromatic N) is 1. The van der Waals surface area contributed by atoms with Crippen molar-refractivity contribution in [3.63, 3.8) is 0 Å². The van der Waals surface area contributed by atoms with Crippen molar-refractivity contribution in [1.29, 1.82) is 0 Å². The third-order valence-electron chi connectivity index (χ3n) is 5.33. The number of benzene rings is 1. The number of carbonyl (C=O) groups is 1. The Kier molecular flexibility index (Phi) is 5.41. The van der Waals surface area contributed by atoms with Crippen LogP contribution in [-0.4, -0.2) is 44.0 Å². The van der Waals surface area contributed by atoms with E-state index in [0.29, 0.717) is 13.2 Å². The van der Waals surface area contributed by atoms with Gasteiger partial charge in [-0.15, -0.1) is 0 Å². The van der Waals surface area contributed by atoms with Gasteiger partial charge >= 0.3 is 0 Å². The second-order valence-corrected chi connectivity index (χ2v) is 6.91.